The van der Waals surface area contributed by atoms with Crippen LogP contribution in [0.2, 0.25) is 0 Å². The number of carboxylic acids is 1. The molecular formula is C12H22N2O3. The van der Waals surface area contributed by atoms with Gasteiger partial charge in [0.15, 0.2) is 0 Å². The molecule has 5 nitrogen and oxygen atoms in total. The molecule has 1 fully saturated rings. The number of rotatable bonds is 3. The van der Waals surface area contributed by atoms with E-state index in [9.17, 15) is 9.59 Å². The van der Waals surface area contributed by atoms with Crippen molar-refractivity contribution in [1.29, 1.82) is 0 Å². The molecule has 98 valence electrons. The summed E-state index contributed by atoms with van der Waals surface area (Å²) in [5.74, 6) is -1.43. The first-order valence-corrected chi connectivity index (χ1v) is 6.22. The number of carbonyl (C=O) groups is 2. The predicted molar refractivity (Wildman–Crippen MR) is 64.8 cm³/mol. The van der Waals surface area contributed by atoms with Gasteiger partial charge in [0, 0.05) is 18.6 Å². The summed E-state index contributed by atoms with van der Waals surface area (Å²) in [5, 5.41) is 11.4. The quantitative estimate of drug-likeness (QED) is 0.791. The van der Waals surface area contributed by atoms with Crippen molar-refractivity contribution in [2.75, 3.05) is 6.54 Å². The van der Waals surface area contributed by atoms with Gasteiger partial charge >= 0.3 is 12.0 Å². The van der Waals surface area contributed by atoms with E-state index in [2.05, 4.69) is 5.32 Å². The monoisotopic (exact) mass is 242 g/mol. The number of urea groups is 1. The van der Waals surface area contributed by atoms with E-state index >= 15 is 0 Å². The van der Waals surface area contributed by atoms with Crippen molar-refractivity contribution in [2.24, 2.45) is 5.92 Å². The van der Waals surface area contributed by atoms with Gasteiger partial charge in [-0.1, -0.05) is 6.92 Å². The van der Waals surface area contributed by atoms with Gasteiger partial charge in [-0.05, 0) is 33.1 Å². The predicted octanol–water partition coefficient (Wildman–Crippen LogP) is 1.68. The Morgan fingerprint density at radius 3 is 2.35 bits per heavy atom. The number of amides is 2. The second-order valence-corrected chi connectivity index (χ2v) is 4.96. The van der Waals surface area contributed by atoms with Crippen LogP contribution in [0.3, 0.4) is 0 Å². The Hall–Kier alpha value is -1.26. The molecule has 0 radical (unpaired) electrons. The van der Waals surface area contributed by atoms with E-state index < -0.39 is 11.9 Å². The Morgan fingerprint density at radius 2 is 1.88 bits per heavy atom. The van der Waals surface area contributed by atoms with E-state index in [-0.39, 0.29) is 24.7 Å². The number of hydrogen-bond acceptors (Lipinski definition) is 2. The highest BCUT2D eigenvalue weighted by Crippen LogP contribution is 2.22. The summed E-state index contributed by atoms with van der Waals surface area (Å²) in [6, 6.07) is 0.329. The maximum absolute atomic E-state index is 12.0. The Labute approximate surface area is 102 Å². The van der Waals surface area contributed by atoms with Crippen molar-refractivity contribution < 1.29 is 14.7 Å². The van der Waals surface area contributed by atoms with Crippen LogP contribution in [0.25, 0.3) is 0 Å². The average Bonchev–Trinajstić information content (AvgIpc) is 2.25. The van der Waals surface area contributed by atoms with Gasteiger partial charge in [0.1, 0.15) is 0 Å². The summed E-state index contributed by atoms with van der Waals surface area (Å²) < 4.78 is 0. The van der Waals surface area contributed by atoms with Crippen LogP contribution in [0.1, 0.15) is 40.0 Å². The lowest BCUT2D eigenvalue weighted by molar-refractivity contribution is -0.140. The van der Waals surface area contributed by atoms with Gasteiger partial charge in [-0.2, -0.15) is 0 Å². The van der Waals surface area contributed by atoms with E-state index in [1.807, 2.05) is 18.7 Å². The lowest BCUT2D eigenvalue weighted by atomic mass is 9.98. The number of piperidine rings is 1. The lowest BCUT2D eigenvalue weighted by Gasteiger charge is -2.39. The summed E-state index contributed by atoms with van der Waals surface area (Å²) in [6.45, 7) is 5.85. The lowest BCUT2D eigenvalue weighted by Crippen LogP contribution is -2.52. The third kappa shape index (κ3) is 3.61. The van der Waals surface area contributed by atoms with E-state index in [0.29, 0.717) is 0 Å². The zero-order valence-electron chi connectivity index (χ0n) is 10.8. The maximum atomic E-state index is 12.0. The van der Waals surface area contributed by atoms with Crippen LogP contribution in [0.15, 0.2) is 0 Å². The molecule has 5 heteroatoms. The van der Waals surface area contributed by atoms with Crippen LogP contribution >= 0.6 is 0 Å². The molecule has 2 amide bonds. The van der Waals surface area contributed by atoms with Crippen LogP contribution < -0.4 is 5.32 Å². The number of aliphatic carboxylic acids is 1. The fourth-order valence-electron chi connectivity index (χ4n) is 2.24. The van der Waals surface area contributed by atoms with Crippen LogP contribution in [0, 0.1) is 5.92 Å². The molecule has 0 aromatic rings. The first-order chi connectivity index (χ1) is 7.93. The van der Waals surface area contributed by atoms with Crippen LogP contribution in [0.4, 0.5) is 4.79 Å². The third-order valence-electron chi connectivity index (χ3n) is 3.41. The van der Waals surface area contributed by atoms with E-state index in [0.717, 1.165) is 19.3 Å². The van der Waals surface area contributed by atoms with Crippen LogP contribution in [-0.2, 0) is 4.79 Å². The second-order valence-electron chi connectivity index (χ2n) is 4.96. The zero-order valence-corrected chi connectivity index (χ0v) is 10.8. The summed E-state index contributed by atoms with van der Waals surface area (Å²) in [5.41, 5.74) is 0. The van der Waals surface area contributed by atoms with Gasteiger partial charge in [-0.25, -0.2) is 4.79 Å². The van der Waals surface area contributed by atoms with E-state index in [1.165, 1.54) is 0 Å². The molecule has 1 aliphatic heterocycles. The Morgan fingerprint density at radius 1 is 1.35 bits per heavy atom. The second kappa shape index (κ2) is 5.89. The van der Waals surface area contributed by atoms with Crippen molar-refractivity contribution in [1.82, 2.24) is 10.2 Å². The Bertz CT molecular complexity index is 283. The largest absolute Gasteiger partial charge is 0.481 e. The van der Waals surface area contributed by atoms with Crippen molar-refractivity contribution >= 4 is 12.0 Å². The topological polar surface area (TPSA) is 69.6 Å². The smallest absolute Gasteiger partial charge is 0.317 e. The summed E-state index contributed by atoms with van der Waals surface area (Å²) >= 11 is 0. The van der Waals surface area contributed by atoms with E-state index in [1.54, 1.807) is 6.92 Å². The third-order valence-corrected chi connectivity index (χ3v) is 3.41. The fourth-order valence-corrected chi connectivity index (χ4v) is 2.24. The number of nitrogens with zero attached hydrogens (tertiary/aromatic N) is 1. The highest BCUT2D eigenvalue weighted by atomic mass is 16.4. The van der Waals surface area contributed by atoms with Gasteiger partial charge in [0.05, 0.1) is 5.92 Å². The molecular weight excluding hydrogens is 220 g/mol. The minimum atomic E-state index is -0.884. The van der Waals surface area contributed by atoms with Crippen LogP contribution in [0.5, 0.6) is 0 Å². The molecule has 0 aliphatic carbocycles. The molecule has 17 heavy (non-hydrogen) atoms. The normalized spacial score (nSPS) is 26.4. The average molecular weight is 242 g/mol. The highest BCUT2D eigenvalue weighted by molar-refractivity contribution is 5.76. The van der Waals surface area contributed by atoms with Gasteiger partial charge in [-0.15, -0.1) is 0 Å². The van der Waals surface area contributed by atoms with Gasteiger partial charge in [0.25, 0.3) is 0 Å². The number of likely N-dealkylation sites (tertiary alicyclic amines) is 1. The summed E-state index contributed by atoms with van der Waals surface area (Å²) in [7, 11) is 0. The molecule has 0 aromatic heterocycles. The van der Waals surface area contributed by atoms with Crippen LogP contribution in [-0.4, -0.2) is 40.6 Å². The van der Waals surface area contributed by atoms with E-state index in [4.69, 9.17) is 5.11 Å². The standard InChI is InChI=1S/C12H22N2O3/c1-8(11(15)16)7-13-12(17)14-9(2)5-4-6-10(14)3/h8-10H,4-7H2,1-3H3,(H,13,17)(H,15,16). The first-order valence-electron chi connectivity index (χ1n) is 6.22. The highest BCUT2D eigenvalue weighted by Gasteiger charge is 2.29. The van der Waals surface area contributed by atoms with Crippen molar-refractivity contribution in [3.8, 4) is 0 Å². The molecule has 0 bridgehead atoms. The molecule has 0 aromatic carbocycles. The molecule has 1 heterocycles. The maximum Gasteiger partial charge on any atom is 0.317 e. The molecule has 3 unspecified atom stereocenters. The minimum Gasteiger partial charge on any atom is -0.481 e. The molecule has 2 N–H and O–H groups in total. The van der Waals surface area contributed by atoms with Crippen molar-refractivity contribution in [3.63, 3.8) is 0 Å². The van der Waals surface area contributed by atoms with Gasteiger partial charge < -0.3 is 15.3 Å². The molecule has 1 aliphatic rings. The molecule has 1 rings (SSSR count). The Balaban J connectivity index is 2.48. The molecule has 3 atom stereocenters. The number of hydrogen-bond donors (Lipinski definition) is 2. The molecule has 0 spiro atoms. The minimum absolute atomic E-state index is 0.141. The van der Waals surface area contributed by atoms with Gasteiger partial charge in [0.2, 0.25) is 0 Å². The van der Waals surface area contributed by atoms with Gasteiger partial charge in [-0.3, -0.25) is 4.79 Å². The van der Waals surface area contributed by atoms with Crippen molar-refractivity contribution in [3.05, 3.63) is 0 Å². The SMILES string of the molecule is CC(CNC(=O)N1C(C)CCCC1C)C(=O)O. The first kappa shape index (κ1) is 13.8. The van der Waals surface area contributed by atoms with Crippen molar-refractivity contribution in [2.45, 2.75) is 52.1 Å². The fraction of sp³-hybridized carbons (Fsp3) is 0.833. The summed E-state index contributed by atoms with van der Waals surface area (Å²) in [4.78, 5) is 24.5. The molecule has 1 saturated heterocycles. The summed E-state index contributed by atoms with van der Waals surface area (Å²) in [6.07, 6.45) is 3.19. The zero-order chi connectivity index (χ0) is 13.0. The Kier molecular flexibility index (Phi) is 4.78. The number of carboxylic acid groups (broad SMARTS) is 1. The number of nitrogens with one attached hydrogen (secondary N) is 1. The number of carbonyl (C=O) groups excluding carboxylic acids is 1. The molecule has 0 saturated carbocycles.